The minimum Gasteiger partial charge on any atom is -0.504 e. The van der Waals surface area contributed by atoms with E-state index in [0.29, 0.717) is 11.8 Å². The Morgan fingerprint density at radius 1 is 1.21 bits per heavy atom. The zero-order valence-corrected chi connectivity index (χ0v) is 13.7. The van der Waals surface area contributed by atoms with Gasteiger partial charge in [-0.25, -0.2) is 0 Å². The van der Waals surface area contributed by atoms with Crippen molar-refractivity contribution in [3.05, 3.63) is 58.8 Å². The average molecular weight is 320 g/mol. The van der Waals surface area contributed by atoms with E-state index in [9.17, 15) is 5.11 Å². The zero-order valence-electron chi connectivity index (χ0n) is 13.7. The Kier molecular flexibility index (Phi) is 2.91. The van der Waals surface area contributed by atoms with Gasteiger partial charge in [-0.3, -0.25) is 4.90 Å². The molecule has 3 heterocycles. The number of methoxy groups -OCH3 is 1. The van der Waals surface area contributed by atoms with E-state index in [0.717, 1.165) is 25.9 Å². The quantitative estimate of drug-likeness (QED) is 0.721. The van der Waals surface area contributed by atoms with Crippen LogP contribution in [0.5, 0.6) is 11.5 Å². The van der Waals surface area contributed by atoms with E-state index in [4.69, 9.17) is 4.74 Å². The smallest absolute Gasteiger partial charge is 0.160 e. The molecule has 0 spiro atoms. The number of hydrogen-bond acceptors (Lipinski definition) is 3. The number of fused-ring (bicyclic) bond motifs is 6. The molecule has 2 aliphatic heterocycles. The van der Waals surface area contributed by atoms with Crippen LogP contribution in [0.3, 0.4) is 0 Å². The second-order valence-corrected chi connectivity index (χ2v) is 6.80. The van der Waals surface area contributed by atoms with Gasteiger partial charge in [-0.2, -0.15) is 0 Å². The van der Waals surface area contributed by atoms with Crippen LogP contribution >= 0.6 is 0 Å². The predicted octanol–water partition coefficient (Wildman–Crippen LogP) is 3.54. The SMILES string of the molecule is COc1cc2c(cc1O)CC1c3[nH]c4ccccc4c3CCN1C2. The van der Waals surface area contributed by atoms with E-state index < -0.39 is 0 Å². The molecule has 0 saturated carbocycles. The normalized spacial score (nSPS) is 19.6. The number of aromatic amines is 1. The van der Waals surface area contributed by atoms with Crippen LogP contribution < -0.4 is 4.74 Å². The van der Waals surface area contributed by atoms with E-state index in [-0.39, 0.29) is 5.75 Å². The Morgan fingerprint density at radius 2 is 2.08 bits per heavy atom. The molecule has 2 aliphatic rings. The summed E-state index contributed by atoms with van der Waals surface area (Å²) in [6.07, 6.45) is 2.01. The van der Waals surface area contributed by atoms with Gasteiger partial charge in [-0.05, 0) is 47.7 Å². The van der Waals surface area contributed by atoms with Crippen LogP contribution in [0.25, 0.3) is 10.9 Å². The van der Waals surface area contributed by atoms with Crippen molar-refractivity contribution >= 4 is 10.9 Å². The highest BCUT2D eigenvalue weighted by Crippen LogP contribution is 2.42. The maximum atomic E-state index is 10.1. The molecule has 0 fully saturated rings. The number of H-pyrrole nitrogens is 1. The molecule has 2 aromatic carbocycles. The summed E-state index contributed by atoms with van der Waals surface area (Å²) < 4.78 is 5.27. The number of nitrogens with one attached hydrogen (secondary N) is 1. The van der Waals surface area contributed by atoms with Crippen molar-refractivity contribution < 1.29 is 9.84 Å². The van der Waals surface area contributed by atoms with Gasteiger partial charge in [0, 0.05) is 29.7 Å². The fraction of sp³-hybridized carbons (Fsp3) is 0.300. The van der Waals surface area contributed by atoms with Gasteiger partial charge in [0.2, 0.25) is 0 Å². The maximum absolute atomic E-state index is 10.1. The Hall–Kier alpha value is -2.46. The topological polar surface area (TPSA) is 48.5 Å². The molecule has 2 N–H and O–H groups in total. The largest absolute Gasteiger partial charge is 0.504 e. The molecule has 0 amide bonds. The standard InChI is InChI=1S/C20H20N2O2/c1-24-19-10-13-11-22-7-6-15-14-4-2-3-5-16(14)21-20(15)17(22)8-12(13)9-18(19)23/h2-5,9-10,17,21,23H,6-8,11H2,1H3. The van der Waals surface area contributed by atoms with Gasteiger partial charge < -0.3 is 14.8 Å². The molecule has 0 radical (unpaired) electrons. The molecule has 4 nitrogen and oxygen atoms in total. The summed E-state index contributed by atoms with van der Waals surface area (Å²) in [5, 5.41) is 11.5. The lowest BCUT2D eigenvalue weighted by molar-refractivity contribution is 0.158. The third kappa shape index (κ3) is 1.89. The van der Waals surface area contributed by atoms with Crippen molar-refractivity contribution in [1.29, 1.82) is 0 Å². The third-order valence-electron chi connectivity index (χ3n) is 5.56. The molecule has 1 atom stereocenters. The number of phenols is 1. The van der Waals surface area contributed by atoms with Crippen molar-refractivity contribution in [3.8, 4) is 11.5 Å². The van der Waals surface area contributed by atoms with Gasteiger partial charge in [-0.15, -0.1) is 0 Å². The van der Waals surface area contributed by atoms with Crippen molar-refractivity contribution in [2.24, 2.45) is 0 Å². The van der Waals surface area contributed by atoms with Crippen molar-refractivity contribution in [2.75, 3.05) is 13.7 Å². The van der Waals surface area contributed by atoms with Crippen LogP contribution in [-0.4, -0.2) is 28.6 Å². The Balaban J connectivity index is 1.61. The lowest BCUT2D eigenvalue weighted by Gasteiger charge is -2.40. The minimum atomic E-state index is 0.234. The van der Waals surface area contributed by atoms with E-state index in [1.54, 1.807) is 7.11 Å². The minimum absolute atomic E-state index is 0.234. The Labute approximate surface area is 140 Å². The number of nitrogens with zero attached hydrogens (tertiary/aromatic N) is 1. The number of aromatic nitrogens is 1. The van der Waals surface area contributed by atoms with Crippen LogP contribution in [-0.2, 0) is 19.4 Å². The van der Waals surface area contributed by atoms with E-state index in [1.807, 2.05) is 12.1 Å². The van der Waals surface area contributed by atoms with Crippen molar-refractivity contribution in [3.63, 3.8) is 0 Å². The first-order valence-corrected chi connectivity index (χ1v) is 8.47. The van der Waals surface area contributed by atoms with E-state index >= 15 is 0 Å². The van der Waals surface area contributed by atoms with Gasteiger partial charge in [-0.1, -0.05) is 18.2 Å². The molecular weight excluding hydrogens is 300 g/mol. The average Bonchev–Trinajstić information content (AvgIpc) is 2.98. The van der Waals surface area contributed by atoms with Gasteiger partial charge in [0.05, 0.1) is 13.2 Å². The highest BCUT2D eigenvalue weighted by atomic mass is 16.5. The first kappa shape index (κ1) is 13.9. The third-order valence-corrected chi connectivity index (χ3v) is 5.56. The fourth-order valence-corrected chi connectivity index (χ4v) is 4.37. The summed E-state index contributed by atoms with van der Waals surface area (Å²) in [6, 6.07) is 12.8. The number of benzene rings is 2. The van der Waals surface area contributed by atoms with Gasteiger partial charge in [0.25, 0.3) is 0 Å². The summed E-state index contributed by atoms with van der Waals surface area (Å²) in [7, 11) is 1.60. The van der Waals surface area contributed by atoms with Crippen LogP contribution in [0, 0.1) is 0 Å². The zero-order chi connectivity index (χ0) is 16.3. The van der Waals surface area contributed by atoms with Gasteiger partial charge >= 0.3 is 0 Å². The summed E-state index contributed by atoms with van der Waals surface area (Å²) in [5.41, 5.74) is 6.53. The number of aromatic hydroxyl groups is 1. The molecule has 4 heteroatoms. The van der Waals surface area contributed by atoms with Crippen LogP contribution in [0.2, 0.25) is 0 Å². The number of rotatable bonds is 1. The molecule has 122 valence electrons. The number of hydrogen-bond donors (Lipinski definition) is 2. The molecule has 24 heavy (non-hydrogen) atoms. The summed E-state index contributed by atoms with van der Waals surface area (Å²) in [6.45, 7) is 1.98. The maximum Gasteiger partial charge on any atom is 0.160 e. The van der Waals surface area contributed by atoms with E-state index in [2.05, 4.69) is 34.1 Å². The summed E-state index contributed by atoms with van der Waals surface area (Å²) in [4.78, 5) is 6.19. The highest BCUT2D eigenvalue weighted by molar-refractivity contribution is 5.85. The van der Waals surface area contributed by atoms with Crippen LogP contribution in [0.15, 0.2) is 36.4 Å². The lowest BCUT2D eigenvalue weighted by atomic mass is 9.87. The second-order valence-electron chi connectivity index (χ2n) is 6.80. The van der Waals surface area contributed by atoms with Crippen molar-refractivity contribution in [1.82, 2.24) is 9.88 Å². The molecule has 0 saturated heterocycles. The van der Waals surface area contributed by atoms with Crippen molar-refractivity contribution in [2.45, 2.75) is 25.4 Å². The Bertz CT molecular complexity index is 944. The fourth-order valence-electron chi connectivity index (χ4n) is 4.37. The monoisotopic (exact) mass is 320 g/mol. The summed E-state index contributed by atoms with van der Waals surface area (Å²) >= 11 is 0. The second kappa shape index (κ2) is 5.02. The first-order valence-electron chi connectivity index (χ1n) is 8.47. The van der Waals surface area contributed by atoms with Gasteiger partial charge in [0.1, 0.15) is 0 Å². The van der Waals surface area contributed by atoms with E-state index in [1.165, 1.54) is 33.3 Å². The molecule has 1 unspecified atom stereocenters. The molecular formula is C20H20N2O2. The number of phenolic OH excluding ortho intramolecular Hbond substituents is 1. The van der Waals surface area contributed by atoms with Crippen LogP contribution in [0.4, 0.5) is 0 Å². The highest BCUT2D eigenvalue weighted by Gasteiger charge is 2.34. The summed E-state index contributed by atoms with van der Waals surface area (Å²) in [5.74, 6) is 0.799. The first-order chi connectivity index (χ1) is 11.7. The Morgan fingerprint density at radius 3 is 2.96 bits per heavy atom. The molecule has 3 aromatic rings. The molecule has 1 aromatic heterocycles. The number of ether oxygens (including phenoxy) is 1. The number of para-hydroxylation sites is 1. The lowest BCUT2D eigenvalue weighted by Crippen LogP contribution is -2.39. The molecule has 0 aliphatic carbocycles. The molecule has 0 bridgehead atoms. The predicted molar refractivity (Wildman–Crippen MR) is 93.5 cm³/mol. The van der Waals surface area contributed by atoms with Gasteiger partial charge in [0.15, 0.2) is 11.5 Å². The van der Waals surface area contributed by atoms with Crippen LogP contribution in [0.1, 0.15) is 28.4 Å². The molecule has 5 rings (SSSR count).